The first-order valence-electron chi connectivity index (χ1n) is 12.0. The standard InChI is InChI=1S/C25H27N9O/c26-22-14-28-20(12-30-22)18-5-3-17(4-6-18)19(16-1-2-16)11-23-32-25(35-33-23)21-13-31-24(15-29-21)34-9-7-27-8-10-34/h3-6,12-16,19,27H,1-2,7-11H2,(H2,26,30)/t19-/m1/s1. The Hall–Kier alpha value is -3.92. The number of nitrogens with one attached hydrogen (secondary N) is 1. The molecule has 2 fully saturated rings. The lowest BCUT2D eigenvalue weighted by Gasteiger charge is -2.27. The highest BCUT2D eigenvalue weighted by Gasteiger charge is 2.33. The molecule has 0 bridgehead atoms. The van der Waals surface area contributed by atoms with Crippen LogP contribution in [0.5, 0.6) is 0 Å². The smallest absolute Gasteiger partial charge is 0.278 e. The molecular weight excluding hydrogens is 442 g/mol. The van der Waals surface area contributed by atoms with Crippen molar-refractivity contribution in [2.24, 2.45) is 5.92 Å². The van der Waals surface area contributed by atoms with E-state index in [0.29, 0.717) is 35.1 Å². The molecule has 1 saturated heterocycles. The molecule has 1 atom stereocenters. The molecule has 1 aliphatic carbocycles. The Morgan fingerprint density at radius 3 is 2.40 bits per heavy atom. The van der Waals surface area contributed by atoms with Crippen LogP contribution in [0.25, 0.3) is 22.8 Å². The van der Waals surface area contributed by atoms with Gasteiger partial charge in [-0.3, -0.25) is 4.98 Å². The highest BCUT2D eigenvalue weighted by molar-refractivity contribution is 5.59. The van der Waals surface area contributed by atoms with E-state index in [4.69, 9.17) is 10.3 Å². The van der Waals surface area contributed by atoms with Crippen molar-refractivity contribution in [2.75, 3.05) is 36.8 Å². The number of nitrogen functional groups attached to an aromatic ring is 1. The third-order valence-electron chi connectivity index (χ3n) is 6.67. The predicted molar refractivity (Wildman–Crippen MR) is 131 cm³/mol. The number of anilines is 2. The van der Waals surface area contributed by atoms with E-state index >= 15 is 0 Å². The molecule has 1 aromatic carbocycles. The van der Waals surface area contributed by atoms with E-state index in [9.17, 15) is 0 Å². The summed E-state index contributed by atoms with van der Waals surface area (Å²) in [4.78, 5) is 24.5. The molecular formula is C25H27N9O. The van der Waals surface area contributed by atoms with Crippen LogP contribution in [-0.4, -0.2) is 56.3 Å². The Morgan fingerprint density at radius 2 is 1.71 bits per heavy atom. The van der Waals surface area contributed by atoms with E-state index < -0.39 is 0 Å². The molecule has 2 aliphatic rings. The maximum atomic E-state index is 5.65. The fourth-order valence-corrected chi connectivity index (χ4v) is 4.57. The molecule has 0 unspecified atom stereocenters. The third-order valence-corrected chi connectivity index (χ3v) is 6.67. The predicted octanol–water partition coefficient (Wildman–Crippen LogP) is 2.71. The first kappa shape index (κ1) is 21.6. The van der Waals surface area contributed by atoms with Crippen LogP contribution in [0.4, 0.5) is 11.6 Å². The van der Waals surface area contributed by atoms with Gasteiger partial charge >= 0.3 is 0 Å². The van der Waals surface area contributed by atoms with Gasteiger partial charge in [-0.05, 0) is 30.2 Å². The molecule has 0 radical (unpaired) electrons. The number of rotatable bonds is 7. The SMILES string of the molecule is Nc1cnc(-c2ccc([C@H](Cc3noc(-c4cnc(N5CCNCC5)cn4)n3)C3CC3)cc2)cn1. The first-order chi connectivity index (χ1) is 17.2. The summed E-state index contributed by atoms with van der Waals surface area (Å²) in [6.45, 7) is 3.76. The topological polar surface area (TPSA) is 132 Å². The summed E-state index contributed by atoms with van der Waals surface area (Å²) in [5.74, 6) is 3.37. The lowest BCUT2D eigenvalue weighted by molar-refractivity contribution is 0.416. The van der Waals surface area contributed by atoms with Crippen molar-refractivity contribution in [1.29, 1.82) is 0 Å². The second-order valence-corrected chi connectivity index (χ2v) is 9.11. The van der Waals surface area contributed by atoms with Crippen LogP contribution in [-0.2, 0) is 6.42 Å². The summed E-state index contributed by atoms with van der Waals surface area (Å²) in [6.07, 6.45) is 9.94. The molecule has 10 heteroatoms. The summed E-state index contributed by atoms with van der Waals surface area (Å²) < 4.78 is 5.55. The average Bonchev–Trinajstić information content (AvgIpc) is 3.66. The lowest BCUT2D eigenvalue weighted by atomic mass is 9.90. The monoisotopic (exact) mass is 469 g/mol. The number of benzene rings is 1. The Bertz CT molecular complexity index is 1260. The number of hydrogen-bond donors (Lipinski definition) is 2. The Morgan fingerprint density at radius 1 is 0.943 bits per heavy atom. The molecule has 0 spiro atoms. The minimum atomic E-state index is 0.341. The van der Waals surface area contributed by atoms with Crippen molar-refractivity contribution in [2.45, 2.75) is 25.2 Å². The van der Waals surface area contributed by atoms with Crippen LogP contribution in [0, 0.1) is 5.92 Å². The van der Waals surface area contributed by atoms with Crippen LogP contribution in [0.3, 0.4) is 0 Å². The minimum absolute atomic E-state index is 0.341. The zero-order valence-electron chi connectivity index (χ0n) is 19.3. The van der Waals surface area contributed by atoms with Crippen molar-refractivity contribution < 1.29 is 4.52 Å². The quantitative estimate of drug-likeness (QED) is 0.416. The van der Waals surface area contributed by atoms with Crippen LogP contribution in [0.15, 0.2) is 53.6 Å². The van der Waals surface area contributed by atoms with Crippen molar-refractivity contribution in [3.05, 3.63) is 60.4 Å². The van der Waals surface area contributed by atoms with E-state index in [0.717, 1.165) is 49.7 Å². The van der Waals surface area contributed by atoms with Gasteiger partial charge in [-0.2, -0.15) is 4.98 Å². The Kier molecular flexibility index (Phi) is 5.79. The van der Waals surface area contributed by atoms with Gasteiger partial charge in [0, 0.05) is 38.2 Å². The van der Waals surface area contributed by atoms with Crippen LogP contribution in [0.2, 0.25) is 0 Å². The number of nitrogens with two attached hydrogens (primary N) is 1. The van der Waals surface area contributed by atoms with Crippen molar-refractivity contribution in [3.63, 3.8) is 0 Å². The van der Waals surface area contributed by atoms with E-state index in [1.165, 1.54) is 18.4 Å². The van der Waals surface area contributed by atoms with Crippen LogP contribution >= 0.6 is 0 Å². The number of aromatic nitrogens is 6. The van der Waals surface area contributed by atoms with Gasteiger partial charge in [-0.1, -0.05) is 29.4 Å². The Labute approximate surface area is 203 Å². The van der Waals surface area contributed by atoms with Gasteiger partial charge in [-0.25, -0.2) is 15.0 Å². The molecule has 4 heterocycles. The second kappa shape index (κ2) is 9.38. The van der Waals surface area contributed by atoms with E-state index in [-0.39, 0.29) is 0 Å². The first-order valence-corrected chi connectivity index (χ1v) is 12.0. The minimum Gasteiger partial charge on any atom is -0.382 e. The summed E-state index contributed by atoms with van der Waals surface area (Å²) in [5, 5.41) is 7.59. The van der Waals surface area contributed by atoms with Gasteiger partial charge in [0.05, 0.1) is 30.5 Å². The van der Waals surface area contributed by atoms with E-state index in [1.54, 1.807) is 24.8 Å². The molecule has 4 aromatic rings. The summed E-state index contributed by atoms with van der Waals surface area (Å²) in [7, 11) is 0. The largest absolute Gasteiger partial charge is 0.382 e. The molecule has 6 rings (SSSR count). The normalized spacial score (nSPS) is 16.9. The summed E-state index contributed by atoms with van der Waals surface area (Å²) in [5.41, 5.74) is 9.34. The van der Waals surface area contributed by atoms with E-state index in [1.807, 2.05) is 0 Å². The zero-order valence-corrected chi connectivity index (χ0v) is 19.3. The molecule has 1 saturated carbocycles. The van der Waals surface area contributed by atoms with Crippen LogP contribution < -0.4 is 16.0 Å². The van der Waals surface area contributed by atoms with Gasteiger partial charge in [-0.15, -0.1) is 0 Å². The second-order valence-electron chi connectivity index (χ2n) is 9.11. The van der Waals surface area contributed by atoms with Gasteiger partial charge < -0.3 is 20.5 Å². The fraction of sp³-hybridized carbons (Fsp3) is 0.360. The Balaban J connectivity index is 1.16. The summed E-state index contributed by atoms with van der Waals surface area (Å²) in [6, 6.07) is 8.50. The third kappa shape index (κ3) is 4.83. The molecule has 3 N–H and O–H groups in total. The number of piperazine rings is 1. The summed E-state index contributed by atoms with van der Waals surface area (Å²) >= 11 is 0. The average molecular weight is 470 g/mol. The van der Waals surface area contributed by atoms with Gasteiger partial charge in [0.2, 0.25) is 0 Å². The molecule has 0 amide bonds. The fourth-order valence-electron chi connectivity index (χ4n) is 4.57. The van der Waals surface area contributed by atoms with Crippen LogP contribution in [0.1, 0.15) is 30.1 Å². The van der Waals surface area contributed by atoms with Gasteiger partial charge in [0.25, 0.3) is 5.89 Å². The molecule has 1 aliphatic heterocycles. The zero-order chi connectivity index (χ0) is 23.6. The molecule has 178 valence electrons. The lowest BCUT2D eigenvalue weighted by Crippen LogP contribution is -2.43. The highest BCUT2D eigenvalue weighted by Crippen LogP contribution is 2.44. The maximum absolute atomic E-state index is 5.65. The molecule has 35 heavy (non-hydrogen) atoms. The number of hydrogen-bond acceptors (Lipinski definition) is 10. The molecule has 10 nitrogen and oxygen atoms in total. The maximum Gasteiger partial charge on any atom is 0.278 e. The van der Waals surface area contributed by atoms with Crippen molar-refractivity contribution in [3.8, 4) is 22.8 Å². The van der Waals surface area contributed by atoms with Crippen molar-refractivity contribution >= 4 is 11.6 Å². The van der Waals surface area contributed by atoms with Gasteiger partial charge in [0.1, 0.15) is 17.3 Å². The van der Waals surface area contributed by atoms with E-state index in [2.05, 4.69) is 64.6 Å². The highest BCUT2D eigenvalue weighted by atomic mass is 16.5. The van der Waals surface area contributed by atoms with Gasteiger partial charge in [0.15, 0.2) is 5.82 Å². The number of nitrogens with zero attached hydrogens (tertiary/aromatic N) is 7. The molecule has 3 aromatic heterocycles. The van der Waals surface area contributed by atoms with Crippen molar-refractivity contribution in [1.82, 2.24) is 35.4 Å².